The largest absolute Gasteiger partial charge is 0.492 e. The van der Waals surface area contributed by atoms with Gasteiger partial charge >= 0.3 is 0 Å². The Morgan fingerprint density at radius 2 is 1.76 bits per heavy atom. The number of ether oxygens (including phenoxy) is 1. The van der Waals surface area contributed by atoms with Crippen molar-refractivity contribution in [3.63, 3.8) is 0 Å². The van der Waals surface area contributed by atoms with Crippen LogP contribution in [0.15, 0.2) is 24.3 Å². The van der Waals surface area contributed by atoms with E-state index in [-0.39, 0.29) is 0 Å². The van der Waals surface area contributed by atoms with Crippen molar-refractivity contribution in [2.24, 2.45) is 23.2 Å². The van der Waals surface area contributed by atoms with E-state index in [1.54, 1.807) is 0 Å². The number of benzene rings is 1. The smallest absolute Gasteiger partial charge is 0.171 e. The van der Waals surface area contributed by atoms with E-state index >= 15 is 0 Å². The Labute approximate surface area is 156 Å². The second-order valence-electron chi connectivity index (χ2n) is 8.53. The van der Waals surface area contributed by atoms with Gasteiger partial charge in [-0.05, 0) is 99.9 Å². The van der Waals surface area contributed by atoms with E-state index in [9.17, 15) is 0 Å². The number of nitrogens with one attached hydrogen (secondary N) is 2. The minimum atomic E-state index is 0.431. The summed E-state index contributed by atoms with van der Waals surface area (Å²) in [4.78, 5) is 0. The SMILES string of the molecule is CCOc1ccccc1NC(=S)NC(C)C12CC3CC(CC(C3)C1)C2. The van der Waals surface area contributed by atoms with Crippen LogP contribution >= 0.6 is 12.2 Å². The second-order valence-corrected chi connectivity index (χ2v) is 8.94. The van der Waals surface area contributed by atoms with Gasteiger partial charge in [-0.3, -0.25) is 0 Å². The maximum Gasteiger partial charge on any atom is 0.171 e. The summed E-state index contributed by atoms with van der Waals surface area (Å²) in [6.07, 6.45) is 8.63. The quantitative estimate of drug-likeness (QED) is 0.728. The molecule has 1 atom stereocenters. The first-order valence-corrected chi connectivity index (χ1v) is 10.3. The number of para-hydroxylation sites is 2. The molecule has 4 saturated carbocycles. The summed E-state index contributed by atoms with van der Waals surface area (Å²) < 4.78 is 5.69. The third-order valence-corrected chi connectivity index (χ3v) is 7.01. The zero-order valence-electron chi connectivity index (χ0n) is 15.4. The Morgan fingerprint density at radius 1 is 1.16 bits per heavy atom. The molecule has 0 heterocycles. The standard InChI is InChI=1S/C21H30N2OS/c1-3-24-19-7-5-4-6-18(19)23-20(25)22-14(2)21-11-15-8-16(12-21)10-17(9-15)13-21/h4-7,14-17H,3,8-13H2,1-2H3,(H2,22,23,25). The molecule has 4 fully saturated rings. The van der Waals surface area contributed by atoms with Crippen molar-refractivity contribution >= 4 is 23.0 Å². The number of anilines is 1. The highest BCUT2D eigenvalue weighted by molar-refractivity contribution is 7.80. The van der Waals surface area contributed by atoms with Gasteiger partial charge in [0.05, 0.1) is 12.3 Å². The minimum absolute atomic E-state index is 0.431. The molecule has 1 aromatic carbocycles. The van der Waals surface area contributed by atoms with Crippen LogP contribution in [0.5, 0.6) is 5.75 Å². The Hall–Kier alpha value is -1.29. The van der Waals surface area contributed by atoms with Gasteiger partial charge in [-0.2, -0.15) is 0 Å². The molecule has 1 unspecified atom stereocenters. The van der Waals surface area contributed by atoms with Gasteiger partial charge in [0, 0.05) is 6.04 Å². The fourth-order valence-electron chi connectivity index (χ4n) is 6.07. The van der Waals surface area contributed by atoms with Crippen LogP contribution in [0.1, 0.15) is 52.4 Å². The van der Waals surface area contributed by atoms with Gasteiger partial charge in [0.15, 0.2) is 5.11 Å². The summed E-state index contributed by atoms with van der Waals surface area (Å²) in [5, 5.41) is 7.69. The molecule has 0 amide bonds. The topological polar surface area (TPSA) is 33.3 Å². The molecule has 1 aromatic rings. The molecule has 5 rings (SSSR count). The van der Waals surface area contributed by atoms with Gasteiger partial charge in [-0.15, -0.1) is 0 Å². The normalized spacial score (nSPS) is 33.8. The number of hydrogen-bond acceptors (Lipinski definition) is 2. The minimum Gasteiger partial charge on any atom is -0.492 e. The lowest BCUT2D eigenvalue weighted by atomic mass is 9.48. The molecule has 2 N–H and O–H groups in total. The van der Waals surface area contributed by atoms with E-state index in [0.717, 1.165) is 34.3 Å². The highest BCUT2D eigenvalue weighted by Crippen LogP contribution is 2.61. The zero-order valence-corrected chi connectivity index (χ0v) is 16.2. The Morgan fingerprint density at radius 3 is 2.36 bits per heavy atom. The first kappa shape index (κ1) is 17.1. The van der Waals surface area contributed by atoms with Crippen LogP contribution in [0.3, 0.4) is 0 Å². The van der Waals surface area contributed by atoms with Gasteiger partial charge in [-0.1, -0.05) is 12.1 Å². The fraction of sp³-hybridized carbons (Fsp3) is 0.667. The van der Waals surface area contributed by atoms with Crippen LogP contribution in [0.4, 0.5) is 5.69 Å². The molecular weight excluding hydrogens is 328 g/mol. The van der Waals surface area contributed by atoms with Crippen molar-refractivity contribution in [1.29, 1.82) is 0 Å². The third kappa shape index (κ3) is 3.38. The van der Waals surface area contributed by atoms with E-state index in [0.29, 0.717) is 18.1 Å². The van der Waals surface area contributed by atoms with Gasteiger partial charge in [-0.25, -0.2) is 0 Å². The summed E-state index contributed by atoms with van der Waals surface area (Å²) in [6, 6.07) is 8.44. The van der Waals surface area contributed by atoms with Crippen LogP contribution in [0.25, 0.3) is 0 Å². The predicted octanol–water partition coefficient (Wildman–Crippen LogP) is 4.98. The van der Waals surface area contributed by atoms with Gasteiger partial charge in [0.1, 0.15) is 5.75 Å². The summed E-state index contributed by atoms with van der Waals surface area (Å²) in [5.74, 6) is 3.76. The molecule has 0 aliphatic heterocycles. The first-order valence-electron chi connectivity index (χ1n) is 9.87. The molecule has 0 spiro atoms. The van der Waals surface area contributed by atoms with E-state index in [1.165, 1.54) is 38.5 Å². The Bertz CT molecular complexity index is 609. The maximum atomic E-state index is 5.69. The molecule has 4 heteroatoms. The van der Waals surface area contributed by atoms with Crippen LogP contribution in [-0.2, 0) is 0 Å². The van der Waals surface area contributed by atoms with Crippen molar-refractivity contribution < 1.29 is 4.74 Å². The molecule has 4 aliphatic rings. The Balaban J connectivity index is 1.41. The molecule has 0 radical (unpaired) electrons. The van der Waals surface area contributed by atoms with Crippen molar-refractivity contribution in [2.45, 2.75) is 58.4 Å². The van der Waals surface area contributed by atoms with E-state index < -0.39 is 0 Å². The van der Waals surface area contributed by atoms with E-state index in [2.05, 4.69) is 17.6 Å². The molecule has 0 aromatic heterocycles. The molecule has 4 aliphatic carbocycles. The summed E-state index contributed by atoms with van der Waals surface area (Å²) in [7, 11) is 0. The van der Waals surface area contributed by atoms with Crippen molar-refractivity contribution in [3.8, 4) is 5.75 Å². The molecule has 25 heavy (non-hydrogen) atoms. The molecule has 0 saturated heterocycles. The Kier molecular flexibility index (Phi) is 4.65. The van der Waals surface area contributed by atoms with E-state index in [1.807, 2.05) is 31.2 Å². The summed E-state index contributed by atoms with van der Waals surface area (Å²) in [5.41, 5.74) is 1.40. The van der Waals surface area contributed by atoms with Gasteiger partial charge in [0.2, 0.25) is 0 Å². The highest BCUT2D eigenvalue weighted by Gasteiger charge is 2.53. The van der Waals surface area contributed by atoms with Crippen molar-refractivity contribution in [2.75, 3.05) is 11.9 Å². The van der Waals surface area contributed by atoms with E-state index in [4.69, 9.17) is 17.0 Å². The second kappa shape index (κ2) is 6.79. The summed E-state index contributed by atoms with van der Waals surface area (Å²) in [6.45, 7) is 5.00. The monoisotopic (exact) mass is 358 g/mol. The number of rotatable bonds is 5. The van der Waals surface area contributed by atoms with Crippen molar-refractivity contribution in [1.82, 2.24) is 5.32 Å². The number of hydrogen-bond donors (Lipinski definition) is 2. The summed E-state index contributed by atoms with van der Waals surface area (Å²) >= 11 is 5.63. The predicted molar refractivity (Wildman–Crippen MR) is 107 cm³/mol. The first-order chi connectivity index (χ1) is 12.1. The van der Waals surface area contributed by atoms with Crippen LogP contribution in [0, 0.1) is 23.2 Å². The third-order valence-electron chi connectivity index (χ3n) is 6.79. The lowest BCUT2D eigenvalue weighted by Crippen LogP contribution is -2.56. The molecule has 136 valence electrons. The lowest BCUT2D eigenvalue weighted by Gasteiger charge is -2.59. The molecule has 4 bridgehead atoms. The fourth-order valence-corrected chi connectivity index (χ4v) is 6.35. The van der Waals surface area contributed by atoms with Crippen molar-refractivity contribution in [3.05, 3.63) is 24.3 Å². The maximum absolute atomic E-state index is 5.69. The average molecular weight is 359 g/mol. The number of thiocarbonyl (C=S) groups is 1. The molecular formula is C21H30N2OS. The van der Waals surface area contributed by atoms with Crippen LogP contribution in [-0.4, -0.2) is 17.8 Å². The zero-order chi connectivity index (χ0) is 17.4. The highest BCUT2D eigenvalue weighted by atomic mass is 32.1. The average Bonchev–Trinajstić information content (AvgIpc) is 2.55. The van der Waals surface area contributed by atoms with Gasteiger partial charge < -0.3 is 15.4 Å². The van der Waals surface area contributed by atoms with Crippen LogP contribution < -0.4 is 15.4 Å². The lowest BCUT2D eigenvalue weighted by molar-refractivity contribution is -0.0671. The molecule has 3 nitrogen and oxygen atoms in total. The van der Waals surface area contributed by atoms with Crippen LogP contribution in [0.2, 0.25) is 0 Å². The van der Waals surface area contributed by atoms with Gasteiger partial charge in [0.25, 0.3) is 0 Å².